The van der Waals surface area contributed by atoms with Crippen LogP contribution in [0.2, 0.25) is 0 Å². The normalized spacial score (nSPS) is 20.1. The summed E-state index contributed by atoms with van der Waals surface area (Å²) in [4.78, 5) is 13.1. The third-order valence-corrected chi connectivity index (χ3v) is 4.79. The molecule has 5 rings (SSSR count). The lowest BCUT2D eigenvalue weighted by Gasteiger charge is -2.32. The van der Waals surface area contributed by atoms with E-state index >= 15 is 0 Å². The van der Waals surface area contributed by atoms with Crippen molar-refractivity contribution in [1.29, 1.82) is 0 Å². The highest BCUT2D eigenvalue weighted by atomic mass is 15.3. The average molecular weight is 334 g/mol. The van der Waals surface area contributed by atoms with Crippen LogP contribution < -0.4 is 11.1 Å². The standard InChI is InChI=1S/C17H18N8/c1-10-6-20-17-21-7-11(9-24(10)17)14-2-3-25-15(14)8-19-16(23-25)22-13-4-12(18)5-13/h2-3,6-9,12-13H,4-5,18H2,1H3,(H,22,23). The quantitative estimate of drug-likeness (QED) is 0.591. The lowest BCUT2D eigenvalue weighted by molar-refractivity contribution is 0.371. The number of nitrogens with two attached hydrogens (primary N) is 1. The highest BCUT2D eigenvalue weighted by Gasteiger charge is 2.26. The molecule has 4 heterocycles. The first-order valence-electron chi connectivity index (χ1n) is 8.34. The molecule has 4 aromatic rings. The summed E-state index contributed by atoms with van der Waals surface area (Å²) in [5.41, 5.74) is 9.86. The van der Waals surface area contributed by atoms with Crippen LogP contribution in [0.1, 0.15) is 18.5 Å². The summed E-state index contributed by atoms with van der Waals surface area (Å²) in [5, 5.41) is 7.88. The number of hydrogen-bond donors (Lipinski definition) is 2. The first kappa shape index (κ1) is 14.4. The number of anilines is 1. The zero-order valence-corrected chi connectivity index (χ0v) is 13.8. The van der Waals surface area contributed by atoms with Gasteiger partial charge in [-0.1, -0.05) is 0 Å². The molecule has 1 saturated carbocycles. The zero-order valence-electron chi connectivity index (χ0n) is 13.8. The predicted molar refractivity (Wildman–Crippen MR) is 94.3 cm³/mol. The van der Waals surface area contributed by atoms with E-state index in [0.717, 1.165) is 35.2 Å². The summed E-state index contributed by atoms with van der Waals surface area (Å²) < 4.78 is 3.82. The van der Waals surface area contributed by atoms with E-state index in [2.05, 4.69) is 25.4 Å². The Kier molecular flexibility index (Phi) is 3.01. The molecule has 0 aromatic carbocycles. The average Bonchev–Trinajstić information content (AvgIpc) is 3.17. The van der Waals surface area contributed by atoms with Gasteiger partial charge >= 0.3 is 0 Å². The van der Waals surface area contributed by atoms with Gasteiger partial charge in [0.2, 0.25) is 11.7 Å². The monoisotopic (exact) mass is 334 g/mol. The van der Waals surface area contributed by atoms with Crippen LogP contribution in [-0.4, -0.2) is 41.1 Å². The van der Waals surface area contributed by atoms with Crippen molar-refractivity contribution >= 4 is 17.2 Å². The van der Waals surface area contributed by atoms with Crippen LogP contribution in [0.3, 0.4) is 0 Å². The topological polar surface area (TPSA) is 98.4 Å². The van der Waals surface area contributed by atoms with Gasteiger partial charge in [-0.25, -0.2) is 19.5 Å². The number of nitrogens with zero attached hydrogens (tertiary/aromatic N) is 6. The van der Waals surface area contributed by atoms with Gasteiger partial charge in [0.25, 0.3) is 0 Å². The van der Waals surface area contributed by atoms with Crippen molar-refractivity contribution in [2.75, 3.05) is 5.32 Å². The summed E-state index contributed by atoms with van der Waals surface area (Å²) in [7, 11) is 0. The molecule has 0 atom stereocenters. The van der Waals surface area contributed by atoms with Crippen molar-refractivity contribution in [2.45, 2.75) is 31.8 Å². The SMILES string of the molecule is Cc1cnc2ncc(-c3ccn4nc(NC5CC(N)C5)ncc34)cn12. The zero-order chi connectivity index (χ0) is 17.0. The van der Waals surface area contributed by atoms with Crippen LogP contribution in [0.25, 0.3) is 22.4 Å². The molecule has 1 fully saturated rings. The van der Waals surface area contributed by atoms with Crippen LogP contribution in [0.5, 0.6) is 0 Å². The summed E-state index contributed by atoms with van der Waals surface area (Å²) in [6, 6.07) is 2.70. The minimum Gasteiger partial charge on any atom is -0.350 e. The number of fused-ring (bicyclic) bond motifs is 2. The third kappa shape index (κ3) is 2.33. The molecule has 0 spiro atoms. The van der Waals surface area contributed by atoms with E-state index in [1.807, 2.05) is 52.9 Å². The number of imidazole rings is 1. The van der Waals surface area contributed by atoms with E-state index < -0.39 is 0 Å². The Morgan fingerprint density at radius 2 is 2.00 bits per heavy atom. The number of rotatable bonds is 3. The Balaban J connectivity index is 1.51. The van der Waals surface area contributed by atoms with Crippen molar-refractivity contribution in [3.8, 4) is 11.1 Å². The van der Waals surface area contributed by atoms with Crippen LogP contribution in [0, 0.1) is 6.92 Å². The largest absolute Gasteiger partial charge is 0.350 e. The summed E-state index contributed by atoms with van der Waals surface area (Å²) in [5.74, 6) is 1.33. The molecule has 4 aromatic heterocycles. The van der Waals surface area contributed by atoms with Gasteiger partial charge in [-0.15, -0.1) is 5.10 Å². The van der Waals surface area contributed by atoms with Gasteiger partial charge in [-0.05, 0) is 25.8 Å². The van der Waals surface area contributed by atoms with Gasteiger partial charge in [-0.3, -0.25) is 4.40 Å². The molecule has 8 heteroatoms. The van der Waals surface area contributed by atoms with Gasteiger partial charge in [0, 0.05) is 47.5 Å². The number of aromatic nitrogens is 6. The molecule has 0 unspecified atom stereocenters. The second kappa shape index (κ2) is 5.25. The Hall–Kier alpha value is -3.00. The predicted octanol–water partition coefficient (Wildman–Crippen LogP) is 1.65. The maximum absolute atomic E-state index is 5.82. The van der Waals surface area contributed by atoms with E-state index in [9.17, 15) is 0 Å². The number of nitrogens with one attached hydrogen (secondary N) is 1. The molecule has 1 aliphatic carbocycles. The molecule has 0 saturated heterocycles. The number of hydrogen-bond acceptors (Lipinski definition) is 6. The van der Waals surface area contributed by atoms with Crippen LogP contribution in [0.15, 0.2) is 37.1 Å². The third-order valence-electron chi connectivity index (χ3n) is 4.79. The molecule has 1 aliphatic rings. The van der Waals surface area contributed by atoms with E-state index in [0.29, 0.717) is 23.8 Å². The van der Waals surface area contributed by atoms with Crippen molar-refractivity contribution in [2.24, 2.45) is 5.73 Å². The first-order chi connectivity index (χ1) is 12.2. The molecule has 0 bridgehead atoms. The highest BCUT2D eigenvalue weighted by molar-refractivity contribution is 5.79. The molecular weight excluding hydrogens is 316 g/mol. The fourth-order valence-electron chi connectivity index (χ4n) is 3.30. The van der Waals surface area contributed by atoms with Gasteiger partial charge in [0.15, 0.2) is 0 Å². The van der Waals surface area contributed by atoms with Crippen molar-refractivity contribution in [1.82, 2.24) is 29.0 Å². The molecule has 3 N–H and O–H groups in total. The summed E-state index contributed by atoms with van der Waals surface area (Å²) in [6.45, 7) is 2.01. The Morgan fingerprint density at radius 3 is 2.84 bits per heavy atom. The fourth-order valence-corrected chi connectivity index (χ4v) is 3.30. The minimum atomic E-state index is 0.300. The Labute approximate surface area is 143 Å². The molecular formula is C17H18N8. The maximum Gasteiger partial charge on any atom is 0.241 e. The van der Waals surface area contributed by atoms with Crippen molar-refractivity contribution in [3.63, 3.8) is 0 Å². The molecule has 0 amide bonds. The van der Waals surface area contributed by atoms with E-state index in [1.54, 1.807) is 0 Å². The molecule has 0 aliphatic heterocycles. The second-order valence-corrected chi connectivity index (χ2v) is 6.63. The van der Waals surface area contributed by atoms with Crippen LogP contribution >= 0.6 is 0 Å². The van der Waals surface area contributed by atoms with E-state index in [-0.39, 0.29) is 0 Å². The van der Waals surface area contributed by atoms with E-state index in [4.69, 9.17) is 5.73 Å². The number of aryl methyl sites for hydroxylation is 1. The lowest BCUT2D eigenvalue weighted by Crippen LogP contribution is -2.44. The molecule has 126 valence electrons. The first-order valence-corrected chi connectivity index (χ1v) is 8.34. The highest BCUT2D eigenvalue weighted by Crippen LogP contribution is 2.26. The van der Waals surface area contributed by atoms with Crippen LogP contribution in [-0.2, 0) is 0 Å². The molecule has 25 heavy (non-hydrogen) atoms. The van der Waals surface area contributed by atoms with E-state index in [1.165, 1.54) is 0 Å². The molecule has 0 radical (unpaired) electrons. The Bertz CT molecular complexity index is 1070. The van der Waals surface area contributed by atoms with Crippen molar-refractivity contribution in [3.05, 3.63) is 42.7 Å². The molecule has 8 nitrogen and oxygen atoms in total. The smallest absolute Gasteiger partial charge is 0.241 e. The van der Waals surface area contributed by atoms with Gasteiger partial charge in [0.1, 0.15) is 0 Å². The lowest BCUT2D eigenvalue weighted by atomic mass is 9.88. The minimum absolute atomic E-state index is 0.300. The van der Waals surface area contributed by atoms with Crippen LogP contribution in [0.4, 0.5) is 5.95 Å². The van der Waals surface area contributed by atoms with Gasteiger partial charge in [0.05, 0.1) is 17.9 Å². The van der Waals surface area contributed by atoms with Gasteiger partial charge in [-0.2, -0.15) is 0 Å². The maximum atomic E-state index is 5.82. The fraction of sp³-hybridized carbons (Fsp3) is 0.294. The summed E-state index contributed by atoms with van der Waals surface area (Å²) in [6.07, 6.45) is 11.4. The second-order valence-electron chi connectivity index (χ2n) is 6.63. The Morgan fingerprint density at radius 1 is 1.16 bits per heavy atom. The van der Waals surface area contributed by atoms with Gasteiger partial charge < -0.3 is 11.1 Å². The van der Waals surface area contributed by atoms with Crippen molar-refractivity contribution < 1.29 is 0 Å². The summed E-state index contributed by atoms with van der Waals surface area (Å²) >= 11 is 0.